The summed E-state index contributed by atoms with van der Waals surface area (Å²) in [5, 5.41) is 6.23. The van der Waals surface area contributed by atoms with Gasteiger partial charge in [0.25, 0.3) is 11.8 Å². The van der Waals surface area contributed by atoms with Crippen LogP contribution in [0.4, 0.5) is 0 Å². The summed E-state index contributed by atoms with van der Waals surface area (Å²) in [6, 6.07) is 13.2. The smallest absolute Gasteiger partial charge is 0.263 e. The molecular formula is C32H35N3O4S. The van der Waals surface area contributed by atoms with Gasteiger partial charge in [0, 0.05) is 29.2 Å². The van der Waals surface area contributed by atoms with Gasteiger partial charge in [-0.05, 0) is 92.4 Å². The van der Waals surface area contributed by atoms with Gasteiger partial charge < -0.3 is 5.32 Å². The quantitative estimate of drug-likeness (QED) is 0.367. The molecule has 0 aromatic heterocycles. The van der Waals surface area contributed by atoms with Crippen LogP contribution in [0.5, 0.6) is 0 Å². The van der Waals surface area contributed by atoms with Gasteiger partial charge in [0.15, 0.2) is 0 Å². The van der Waals surface area contributed by atoms with E-state index in [0.717, 1.165) is 46.3 Å². The third kappa shape index (κ3) is 4.69. The molecule has 2 aromatic rings. The number of nitrogens with zero attached hydrogens (tertiary/aromatic N) is 1. The number of hydrogen-bond donors (Lipinski definition) is 2. The van der Waals surface area contributed by atoms with Crippen LogP contribution in [0, 0.1) is 17.8 Å². The van der Waals surface area contributed by atoms with Crippen LogP contribution >= 0.6 is 11.8 Å². The van der Waals surface area contributed by atoms with Crippen LogP contribution in [-0.4, -0.2) is 45.9 Å². The highest BCUT2D eigenvalue weighted by molar-refractivity contribution is 7.99. The molecule has 208 valence electrons. The molecular weight excluding hydrogens is 522 g/mol. The summed E-state index contributed by atoms with van der Waals surface area (Å²) in [5.74, 6) is 1.72. The second kappa shape index (κ2) is 10.1. The Morgan fingerprint density at radius 1 is 0.875 bits per heavy atom. The van der Waals surface area contributed by atoms with E-state index < -0.39 is 23.8 Å². The molecule has 6 aliphatic rings. The molecule has 0 radical (unpaired) electrons. The summed E-state index contributed by atoms with van der Waals surface area (Å²) < 4.78 is 0. The number of carbonyl (C=O) groups excluding carboxylic acids is 4. The fourth-order valence-electron chi connectivity index (χ4n) is 8.32. The third-order valence-electron chi connectivity index (χ3n) is 9.81. The predicted octanol–water partition coefficient (Wildman–Crippen LogP) is 4.48. The van der Waals surface area contributed by atoms with E-state index >= 15 is 0 Å². The van der Waals surface area contributed by atoms with Crippen molar-refractivity contribution in [3.63, 3.8) is 0 Å². The SMILES string of the molecule is O=C1CCC(N2C(=O)c3cccc(SCCc4ccc(CNC56CC7CC(CC(C7)C5)C6)cc4)c3C2=O)C(=O)N1. The van der Waals surface area contributed by atoms with E-state index in [-0.39, 0.29) is 18.7 Å². The maximum atomic E-state index is 13.3. The van der Waals surface area contributed by atoms with Gasteiger partial charge >= 0.3 is 0 Å². The molecule has 0 spiro atoms. The first-order chi connectivity index (χ1) is 19.4. The fourth-order valence-corrected chi connectivity index (χ4v) is 9.40. The molecule has 1 saturated heterocycles. The van der Waals surface area contributed by atoms with Crippen molar-refractivity contribution >= 4 is 35.4 Å². The second-order valence-electron chi connectivity index (χ2n) is 12.6. The largest absolute Gasteiger partial charge is 0.307 e. The van der Waals surface area contributed by atoms with Crippen molar-refractivity contribution in [3.8, 4) is 0 Å². The van der Waals surface area contributed by atoms with Gasteiger partial charge in [-0.3, -0.25) is 29.4 Å². The van der Waals surface area contributed by atoms with Gasteiger partial charge in [-0.25, -0.2) is 0 Å². The minimum atomic E-state index is -0.945. The highest BCUT2D eigenvalue weighted by Crippen LogP contribution is 2.55. The molecule has 1 unspecified atom stereocenters. The number of benzene rings is 2. The molecule has 1 atom stereocenters. The van der Waals surface area contributed by atoms with Gasteiger partial charge in [-0.15, -0.1) is 11.8 Å². The number of amides is 4. The predicted molar refractivity (Wildman–Crippen MR) is 152 cm³/mol. The van der Waals surface area contributed by atoms with Crippen molar-refractivity contribution in [2.75, 3.05) is 5.75 Å². The molecule has 4 bridgehead atoms. The van der Waals surface area contributed by atoms with Crippen molar-refractivity contribution in [1.82, 2.24) is 15.5 Å². The number of fused-ring (bicyclic) bond motifs is 1. The topological polar surface area (TPSA) is 95.6 Å². The lowest BCUT2D eigenvalue weighted by molar-refractivity contribution is -0.136. The zero-order chi connectivity index (χ0) is 27.4. The van der Waals surface area contributed by atoms with Crippen molar-refractivity contribution < 1.29 is 19.2 Å². The van der Waals surface area contributed by atoms with Gasteiger partial charge in [-0.2, -0.15) is 0 Å². The first-order valence-electron chi connectivity index (χ1n) is 14.7. The van der Waals surface area contributed by atoms with E-state index in [2.05, 4.69) is 34.9 Å². The number of aryl methyl sites for hydroxylation is 1. The Labute approximate surface area is 238 Å². The molecule has 2 heterocycles. The molecule has 2 aromatic carbocycles. The highest BCUT2D eigenvalue weighted by atomic mass is 32.2. The van der Waals surface area contributed by atoms with Gasteiger partial charge in [-0.1, -0.05) is 30.3 Å². The normalized spacial score (nSPS) is 30.6. The van der Waals surface area contributed by atoms with Crippen LogP contribution in [0.3, 0.4) is 0 Å². The van der Waals surface area contributed by atoms with Gasteiger partial charge in [0.1, 0.15) is 6.04 Å². The first kappa shape index (κ1) is 26.0. The molecule has 5 fully saturated rings. The Balaban J connectivity index is 0.955. The number of rotatable bonds is 8. The number of hydrogen-bond acceptors (Lipinski definition) is 6. The van der Waals surface area contributed by atoms with E-state index in [1.807, 2.05) is 6.07 Å². The molecule has 40 heavy (non-hydrogen) atoms. The number of imide groups is 2. The van der Waals surface area contributed by atoms with Crippen molar-refractivity contribution in [1.29, 1.82) is 0 Å². The molecule has 4 aliphatic carbocycles. The third-order valence-corrected chi connectivity index (χ3v) is 10.9. The Hall–Kier alpha value is -2.97. The lowest BCUT2D eigenvalue weighted by Crippen LogP contribution is -2.58. The Morgan fingerprint density at radius 3 is 2.23 bits per heavy atom. The molecule has 8 heteroatoms. The number of nitrogens with one attached hydrogen (secondary N) is 2. The lowest BCUT2D eigenvalue weighted by atomic mass is 9.53. The summed E-state index contributed by atoms with van der Waals surface area (Å²) in [5.41, 5.74) is 3.63. The summed E-state index contributed by atoms with van der Waals surface area (Å²) in [4.78, 5) is 52.1. The van der Waals surface area contributed by atoms with Crippen LogP contribution in [0.2, 0.25) is 0 Å². The number of carbonyl (C=O) groups is 4. The van der Waals surface area contributed by atoms with Crippen LogP contribution < -0.4 is 10.6 Å². The van der Waals surface area contributed by atoms with E-state index in [0.29, 0.717) is 16.7 Å². The summed E-state index contributed by atoms with van der Waals surface area (Å²) in [7, 11) is 0. The minimum absolute atomic E-state index is 0.114. The van der Waals surface area contributed by atoms with Crippen molar-refractivity contribution in [3.05, 3.63) is 64.7 Å². The van der Waals surface area contributed by atoms with Gasteiger partial charge in [0.2, 0.25) is 11.8 Å². The number of thioether (sulfide) groups is 1. The maximum absolute atomic E-state index is 13.3. The van der Waals surface area contributed by atoms with Crippen LogP contribution in [-0.2, 0) is 22.6 Å². The van der Waals surface area contributed by atoms with E-state index in [1.54, 1.807) is 23.9 Å². The molecule has 2 aliphatic heterocycles. The summed E-state index contributed by atoms with van der Waals surface area (Å²) >= 11 is 1.56. The van der Waals surface area contributed by atoms with E-state index in [1.165, 1.54) is 49.7 Å². The molecule has 2 N–H and O–H groups in total. The molecule has 4 amide bonds. The van der Waals surface area contributed by atoms with Crippen LogP contribution in [0.15, 0.2) is 47.4 Å². The monoisotopic (exact) mass is 557 g/mol. The Morgan fingerprint density at radius 2 is 1.55 bits per heavy atom. The Kier molecular flexibility index (Phi) is 6.58. The van der Waals surface area contributed by atoms with Crippen LogP contribution in [0.1, 0.15) is 83.2 Å². The minimum Gasteiger partial charge on any atom is -0.307 e. The van der Waals surface area contributed by atoms with Crippen molar-refractivity contribution in [2.45, 2.75) is 80.8 Å². The first-order valence-corrected chi connectivity index (χ1v) is 15.7. The average molecular weight is 558 g/mol. The zero-order valence-corrected chi connectivity index (χ0v) is 23.4. The molecule has 7 nitrogen and oxygen atoms in total. The summed E-state index contributed by atoms with van der Waals surface area (Å²) in [6.07, 6.45) is 9.57. The van der Waals surface area contributed by atoms with Gasteiger partial charge in [0.05, 0.1) is 11.1 Å². The van der Waals surface area contributed by atoms with E-state index in [9.17, 15) is 19.2 Å². The lowest BCUT2D eigenvalue weighted by Gasteiger charge is -2.57. The Bertz CT molecular complexity index is 1350. The fraction of sp³-hybridized carbons (Fsp3) is 0.500. The maximum Gasteiger partial charge on any atom is 0.263 e. The molecule has 4 saturated carbocycles. The highest BCUT2D eigenvalue weighted by Gasteiger charge is 2.50. The zero-order valence-electron chi connectivity index (χ0n) is 22.6. The molecule has 8 rings (SSSR count). The average Bonchev–Trinajstić information content (AvgIpc) is 3.18. The van der Waals surface area contributed by atoms with Crippen LogP contribution in [0.25, 0.3) is 0 Å². The van der Waals surface area contributed by atoms with E-state index in [4.69, 9.17) is 0 Å². The standard InChI is InChI=1S/C32H35N3O4S/c36-27-9-8-25(29(37)34-27)35-30(38)24-2-1-3-26(28(24)31(35)39)40-11-10-19-4-6-20(7-5-19)18-33-32-15-21-12-22(16-32)14-23(13-21)17-32/h1-7,21-23,25,33H,8-18H2,(H,34,36,37). The summed E-state index contributed by atoms with van der Waals surface area (Å²) in [6.45, 7) is 0.928. The van der Waals surface area contributed by atoms with Crippen molar-refractivity contribution in [2.24, 2.45) is 17.8 Å². The second-order valence-corrected chi connectivity index (χ2v) is 13.7. The number of piperidine rings is 1.